The third-order valence-electron chi connectivity index (χ3n) is 4.68. The van der Waals surface area contributed by atoms with Gasteiger partial charge in [-0.15, -0.1) is 0 Å². The molecule has 3 aromatic rings. The number of aromatic nitrogens is 1. The molecule has 2 nitrogen and oxygen atoms in total. The molecule has 0 unspecified atom stereocenters. The zero-order chi connectivity index (χ0) is 15.3. The molecule has 110 valence electrons. The van der Waals surface area contributed by atoms with E-state index in [4.69, 9.17) is 4.43 Å². The lowest BCUT2D eigenvalue weighted by Gasteiger charge is -2.36. The highest BCUT2D eigenvalue weighted by Gasteiger charge is 2.39. The van der Waals surface area contributed by atoms with Crippen molar-refractivity contribution in [3.05, 3.63) is 48.8 Å². The summed E-state index contributed by atoms with van der Waals surface area (Å²) < 4.78 is 8.70. The van der Waals surface area contributed by atoms with Gasteiger partial charge in [-0.1, -0.05) is 45.0 Å². The van der Waals surface area contributed by atoms with E-state index in [1.165, 1.54) is 16.3 Å². The van der Waals surface area contributed by atoms with Crippen molar-refractivity contribution in [1.29, 1.82) is 0 Å². The summed E-state index contributed by atoms with van der Waals surface area (Å²) in [7, 11) is -1.83. The highest BCUT2D eigenvalue weighted by molar-refractivity contribution is 6.74. The lowest BCUT2D eigenvalue weighted by molar-refractivity contribution is 0.497. The number of pyridine rings is 1. The molecule has 0 atom stereocenters. The zero-order valence-electron chi connectivity index (χ0n) is 13.5. The van der Waals surface area contributed by atoms with Crippen molar-refractivity contribution in [2.45, 2.75) is 38.9 Å². The first-order chi connectivity index (χ1) is 9.79. The zero-order valence-corrected chi connectivity index (χ0v) is 14.5. The highest BCUT2D eigenvalue weighted by atomic mass is 28.4. The van der Waals surface area contributed by atoms with E-state index in [0.717, 1.165) is 5.75 Å². The maximum Gasteiger partial charge on any atom is 0.250 e. The summed E-state index contributed by atoms with van der Waals surface area (Å²) in [5.41, 5.74) is 1.18. The lowest BCUT2D eigenvalue weighted by Crippen LogP contribution is -2.43. The van der Waals surface area contributed by atoms with Crippen LogP contribution in [-0.4, -0.2) is 12.7 Å². The first kappa shape index (κ1) is 14.2. The number of fused-ring (bicyclic) bond motifs is 3. The van der Waals surface area contributed by atoms with Gasteiger partial charge in [-0.2, -0.15) is 0 Å². The highest BCUT2D eigenvalue weighted by Crippen LogP contribution is 2.39. The van der Waals surface area contributed by atoms with E-state index in [-0.39, 0.29) is 5.04 Å². The first-order valence-corrected chi connectivity index (χ1v) is 10.4. The van der Waals surface area contributed by atoms with Crippen molar-refractivity contribution in [2.75, 3.05) is 0 Å². The molecule has 2 heterocycles. The van der Waals surface area contributed by atoms with Gasteiger partial charge in [0.1, 0.15) is 5.75 Å². The van der Waals surface area contributed by atoms with Gasteiger partial charge in [-0.25, -0.2) is 0 Å². The fourth-order valence-electron chi connectivity index (χ4n) is 2.35. The Hall–Kier alpha value is -1.74. The molecule has 0 fully saturated rings. The quantitative estimate of drug-likeness (QED) is 0.571. The van der Waals surface area contributed by atoms with Gasteiger partial charge in [-0.05, 0) is 35.7 Å². The second kappa shape index (κ2) is 4.63. The van der Waals surface area contributed by atoms with E-state index < -0.39 is 8.32 Å². The minimum atomic E-state index is -1.83. The topological polar surface area (TPSA) is 13.6 Å². The Morgan fingerprint density at radius 2 is 1.62 bits per heavy atom. The van der Waals surface area contributed by atoms with Gasteiger partial charge in [0.05, 0.1) is 5.52 Å². The fraction of sp³-hybridized carbons (Fsp3) is 0.333. The van der Waals surface area contributed by atoms with Crippen LogP contribution in [0.2, 0.25) is 18.1 Å². The molecule has 0 amide bonds. The predicted octanol–water partition coefficient (Wildman–Crippen LogP) is 5.48. The van der Waals surface area contributed by atoms with Gasteiger partial charge in [0.15, 0.2) is 0 Å². The average molecular weight is 297 g/mol. The van der Waals surface area contributed by atoms with Gasteiger partial charge in [0, 0.05) is 17.8 Å². The van der Waals surface area contributed by atoms with E-state index in [9.17, 15) is 0 Å². The summed E-state index contributed by atoms with van der Waals surface area (Å²) in [6.07, 6.45) is 4.19. The predicted molar refractivity (Wildman–Crippen MR) is 92.7 cm³/mol. The number of benzene rings is 1. The Morgan fingerprint density at radius 1 is 0.952 bits per heavy atom. The van der Waals surface area contributed by atoms with Crippen molar-refractivity contribution in [3.63, 3.8) is 0 Å². The van der Waals surface area contributed by atoms with Crippen LogP contribution in [0.5, 0.6) is 5.75 Å². The molecule has 2 aromatic heterocycles. The largest absolute Gasteiger partial charge is 0.542 e. The molecule has 0 saturated carbocycles. The van der Waals surface area contributed by atoms with Crippen molar-refractivity contribution in [2.24, 2.45) is 0 Å². The van der Waals surface area contributed by atoms with E-state index in [2.05, 4.69) is 87.1 Å². The average Bonchev–Trinajstić information content (AvgIpc) is 2.80. The molecule has 21 heavy (non-hydrogen) atoms. The molecule has 0 aliphatic heterocycles. The van der Waals surface area contributed by atoms with Gasteiger partial charge in [0.2, 0.25) is 0 Å². The maximum atomic E-state index is 6.55. The standard InChI is InChI=1S/C18H23NOSi/c1-18(2,3)21(4,5)20-16-11-13-19-12-10-14-8-6-7-9-15(14)17(16)19/h6-13H,1-5H3. The normalized spacial score (nSPS) is 13.0. The third kappa shape index (κ3) is 2.36. The summed E-state index contributed by atoms with van der Waals surface area (Å²) in [6.45, 7) is 11.4. The van der Waals surface area contributed by atoms with Crippen LogP contribution >= 0.6 is 0 Å². The monoisotopic (exact) mass is 297 g/mol. The van der Waals surface area contributed by atoms with Crippen molar-refractivity contribution >= 4 is 24.6 Å². The molecule has 3 rings (SSSR count). The molecular weight excluding hydrogens is 274 g/mol. The van der Waals surface area contributed by atoms with Crippen molar-refractivity contribution in [3.8, 4) is 5.75 Å². The van der Waals surface area contributed by atoms with Crippen molar-refractivity contribution < 1.29 is 4.43 Å². The van der Waals surface area contributed by atoms with Gasteiger partial charge >= 0.3 is 0 Å². The molecule has 3 heteroatoms. The molecule has 0 spiro atoms. The minimum absolute atomic E-state index is 0.200. The Balaban J connectivity index is 2.18. The van der Waals surface area contributed by atoms with Crippen LogP contribution in [-0.2, 0) is 0 Å². The number of hydrogen-bond donors (Lipinski definition) is 0. The maximum absolute atomic E-state index is 6.55. The smallest absolute Gasteiger partial charge is 0.250 e. The van der Waals surface area contributed by atoms with Crippen LogP contribution in [0, 0.1) is 0 Å². The minimum Gasteiger partial charge on any atom is -0.542 e. The summed E-state index contributed by atoms with van der Waals surface area (Å²) in [4.78, 5) is 0. The summed E-state index contributed by atoms with van der Waals surface area (Å²) in [6, 6.07) is 12.7. The first-order valence-electron chi connectivity index (χ1n) is 7.47. The second-order valence-corrected chi connectivity index (χ2v) is 11.9. The van der Waals surface area contributed by atoms with E-state index in [0.29, 0.717) is 0 Å². The Labute approximate surface area is 127 Å². The number of nitrogens with zero attached hydrogens (tertiary/aromatic N) is 1. The SMILES string of the molecule is CC(C)(C)[Si](C)(C)Oc1ccn2ccc3ccccc3c12. The Morgan fingerprint density at radius 3 is 2.33 bits per heavy atom. The van der Waals surface area contributed by atoms with Crippen LogP contribution in [0.3, 0.4) is 0 Å². The fourth-order valence-corrected chi connectivity index (χ4v) is 3.37. The van der Waals surface area contributed by atoms with Gasteiger partial charge in [0.25, 0.3) is 8.32 Å². The molecular formula is C18H23NOSi. The summed E-state index contributed by atoms with van der Waals surface area (Å²) in [5.74, 6) is 1.01. The van der Waals surface area contributed by atoms with Crippen LogP contribution < -0.4 is 4.43 Å². The molecule has 0 saturated heterocycles. The van der Waals surface area contributed by atoms with E-state index >= 15 is 0 Å². The molecule has 0 N–H and O–H groups in total. The molecule has 0 bridgehead atoms. The number of rotatable bonds is 2. The van der Waals surface area contributed by atoms with Crippen LogP contribution in [0.15, 0.2) is 48.8 Å². The Kier molecular flexibility index (Phi) is 3.13. The van der Waals surface area contributed by atoms with Crippen LogP contribution in [0.1, 0.15) is 20.8 Å². The summed E-state index contributed by atoms with van der Waals surface area (Å²) in [5, 5.41) is 2.70. The van der Waals surface area contributed by atoms with Crippen LogP contribution in [0.4, 0.5) is 0 Å². The third-order valence-corrected chi connectivity index (χ3v) is 9.02. The molecule has 0 radical (unpaired) electrons. The Bertz CT molecular complexity index is 796. The van der Waals surface area contributed by atoms with Gasteiger partial charge in [-0.3, -0.25) is 0 Å². The van der Waals surface area contributed by atoms with E-state index in [1.807, 2.05) is 0 Å². The molecule has 0 aliphatic rings. The van der Waals surface area contributed by atoms with E-state index in [1.54, 1.807) is 0 Å². The lowest BCUT2D eigenvalue weighted by atomic mass is 10.1. The molecule has 0 aliphatic carbocycles. The van der Waals surface area contributed by atoms with Crippen LogP contribution in [0.25, 0.3) is 16.3 Å². The van der Waals surface area contributed by atoms with Gasteiger partial charge < -0.3 is 8.83 Å². The number of hydrogen-bond acceptors (Lipinski definition) is 1. The summed E-state index contributed by atoms with van der Waals surface area (Å²) >= 11 is 0. The van der Waals surface area contributed by atoms with Crippen molar-refractivity contribution in [1.82, 2.24) is 4.40 Å². The molecule has 1 aromatic carbocycles. The second-order valence-electron chi connectivity index (χ2n) is 7.20.